The maximum Gasteiger partial charge on any atom is 0.361 e. The molecule has 0 radical (unpaired) electrons. The molecule has 0 unspecified atom stereocenters. The highest BCUT2D eigenvalue weighted by Crippen LogP contribution is 2.11. The van der Waals surface area contributed by atoms with Gasteiger partial charge in [-0.1, -0.05) is 5.16 Å². The van der Waals surface area contributed by atoms with Gasteiger partial charge >= 0.3 is 5.97 Å². The second-order valence-corrected chi connectivity index (χ2v) is 2.79. The van der Waals surface area contributed by atoms with E-state index in [2.05, 4.69) is 9.89 Å². The summed E-state index contributed by atoms with van der Waals surface area (Å²) >= 11 is 0. The molecule has 16 heavy (non-hydrogen) atoms. The first-order valence-corrected chi connectivity index (χ1v) is 4.44. The summed E-state index contributed by atoms with van der Waals surface area (Å²) in [6, 6.07) is 2.47. The Bertz CT molecular complexity index is 432. The summed E-state index contributed by atoms with van der Waals surface area (Å²) in [6.45, 7) is 1.57. The summed E-state index contributed by atoms with van der Waals surface area (Å²) in [4.78, 5) is 11.2. The van der Waals surface area contributed by atoms with Gasteiger partial charge in [-0.3, -0.25) is 0 Å². The number of halogens is 2. The van der Waals surface area contributed by atoms with Crippen molar-refractivity contribution in [2.45, 2.75) is 6.92 Å². The molecule has 0 bridgehead atoms. The second kappa shape index (κ2) is 5.20. The lowest BCUT2D eigenvalue weighted by Crippen LogP contribution is -2.20. The number of oxime groups is 1. The Balaban J connectivity index is 3.14. The molecule has 0 aromatic heterocycles. The lowest BCUT2D eigenvalue weighted by Gasteiger charge is -2.05. The van der Waals surface area contributed by atoms with E-state index in [0.29, 0.717) is 0 Å². The number of carbonyl (C=O) groups excluding carboxylic acids is 1. The first kappa shape index (κ1) is 12.1. The average molecular weight is 229 g/mol. The molecule has 0 saturated carbocycles. The standard InChI is InChI=1S/C10H9F2NO3/c1-2-16-10(14)9(13-15)7-5-6(11)3-4-8(7)12/h3-5,15H,2H2,1H3/b13-9-. The van der Waals surface area contributed by atoms with Crippen molar-refractivity contribution < 1.29 is 23.5 Å². The van der Waals surface area contributed by atoms with Crippen LogP contribution in [0.1, 0.15) is 12.5 Å². The average Bonchev–Trinajstić information content (AvgIpc) is 2.24. The summed E-state index contributed by atoms with van der Waals surface area (Å²) in [5.41, 5.74) is -1.11. The van der Waals surface area contributed by atoms with Crippen LogP contribution in [0.25, 0.3) is 0 Å². The number of rotatable bonds is 3. The molecule has 0 aliphatic rings. The number of ether oxygens (including phenoxy) is 1. The molecule has 0 fully saturated rings. The first-order chi connectivity index (χ1) is 7.60. The molecule has 1 N–H and O–H groups in total. The first-order valence-electron chi connectivity index (χ1n) is 4.44. The normalized spacial score (nSPS) is 11.3. The zero-order chi connectivity index (χ0) is 12.1. The molecule has 6 heteroatoms. The minimum absolute atomic E-state index is 0.0365. The van der Waals surface area contributed by atoms with E-state index in [1.165, 1.54) is 6.92 Å². The summed E-state index contributed by atoms with van der Waals surface area (Å²) in [6.07, 6.45) is 0. The number of esters is 1. The van der Waals surface area contributed by atoms with E-state index in [4.69, 9.17) is 5.21 Å². The van der Waals surface area contributed by atoms with Crippen LogP contribution in [0.2, 0.25) is 0 Å². The van der Waals surface area contributed by atoms with Crippen LogP contribution < -0.4 is 0 Å². The lowest BCUT2D eigenvalue weighted by molar-refractivity contribution is -0.135. The van der Waals surface area contributed by atoms with Crippen molar-refractivity contribution in [3.05, 3.63) is 35.4 Å². The van der Waals surface area contributed by atoms with Gasteiger partial charge in [-0.2, -0.15) is 0 Å². The molecule has 86 valence electrons. The summed E-state index contributed by atoms with van der Waals surface area (Å²) in [5.74, 6) is -2.64. The fourth-order valence-corrected chi connectivity index (χ4v) is 1.08. The van der Waals surface area contributed by atoms with Crippen LogP contribution in [0, 0.1) is 11.6 Å². The van der Waals surface area contributed by atoms with E-state index in [0.717, 1.165) is 18.2 Å². The van der Waals surface area contributed by atoms with E-state index in [1.54, 1.807) is 0 Å². The van der Waals surface area contributed by atoms with Gasteiger partial charge in [0.25, 0.3) is 0 Å². The van der Waals surface area contributed by atoms with E-state index < -0.39 is 28.9 Å². The highest BCUT2D eigenvalue weighted by atomic mass is 19.1. The van der Waals surface area contributed by atoms with Gasteiger partial charge in [0.05, 0.1) is 6.61 Å². The molecular weight excluding hydrogens is 220 g/mol. The van der Waals surface area contributed by atoms with E-state index in [9.17, 15) is 13.6 Å². The third-order valence-corrected chi connectivity index (χ3v) is 1.75. The van der Waals surface area contributed by atoms with Crippen LogP contribution in [-0.2, 0) is 9.53 Å². The van der Waals surface area contributed by atoms with Crippen molar-refractivity contribution in [2.75, 3.05) is 6.61 Å². The van der Waals surface area contributed by atoms with Gasteiger partial charge < -0.3 is 9.94 Å². The van der Waals surface area contributed by atoms with E-state index >= 15 is 0 Å². The molecular formula is C10H9F2NO3. The fraction of sp³-hybridized carbons (Fsp3) is 0.200. The molecule has 0 aliphatic carbocycles. The second-order valence-electron chi connectivity index (χ2n) is 2.79. The fourth-order valence-electron chi connectivity index (χ4n) is 1.08. The predicted octanol–water partition coefficient (Wildman–Crippen LogP) is 1.71. The van der Waals surface area contributed by atoms with Crippen molar-refractivity contribution in [2.24, 2.45) is 5.16 Å². The molecule has 1 rings (SSSR count). The highest BCUT2D eigenvalue weighted by molar-refractivity contribution is 6.43. The van der Waals surface area contributed by atoms with Crippen molar-refractivity contribution >= 4 is 11.7 Å². The van der Waals surface area contributed by atoms with Gasteiger partial charge in [-0.05, 0) is 25.1 Å². The number of benzene rings is 1. The van der Waals surface area contributed by atoms with Gasteiger partial charge in [0.1, 0.15) is 11.6 Å². The van der Waals surface area contributed by atoms with Crippen molar-refractivity contribution in [3.63, 3.8) is 0 Å². The van der Waals surface area contributed by atoms with Crippen molar-refractivity contribution in [1.82, 2.24) is 0 Å². The molecule has 0 spiro atoms. The highest BCUT2D eigenvalue weighted by Gasteiger charge is 2.20. The Kier molecular flexibility index (Phi) is 3.93. The van der Waals surface area contributed by atoms with Crippen LogP contribution in [0.3, 0.4) is 0 Å². The summed E-state index contributed by atoms with van der Waals surface area (Å²) in [7, 11) is 0. The van der Waals surface area contributed by atoms with Gasteiger partial charge in [0.2, 0.25) is 0 Å². The van der Waals surface area contributed by atoms with Crippen molar-refractivity contribution in [1.29, 1.82) is 0 Å². The Morgan fingerprint density at radius 3 is 2.75 bits per heavy atom. The minimum Gasteiger partial charge on any atom is -0.461 e. The van der Waals surface area contributed by atoms with E-state index in [1.807, 2.05) is 0 Å². The smallest absolute Gasteiger partial charge is 0.361 e. The molecule has 0 aliphatic heterocycles. The Hall–Kier alpha value is -1.98. The summed E-state index contributed by atoms with van der Waals surface area (Å²) in [5, 5.41) is 11.2. The number of hydrogen-bond donors (Lipinski definition) is 1. The van der Waals surface area contributed by atoms with Gasteiger partial charge in [0, 0.05) is 5.56 Å². The minimum atomic E-state index is -1.02. The largest absolute Gasteiger partial charge is 0.461 e. The van der Waals surface area contributed by atoms with Crippen LogP contribution >= 0.6 is 0 Å². The van der Waals surface area contributed by atoms with Gasteiger partial charge in [0.15, 0.2) is 5.71 Å². The molecule has 4 nitrogen and oxygen atoms in total. The molecule has 1 aromatic rings. The monoisotopic (exact) mass is 229 g/mol. The number of carbonyl (C=O) groups is 1. The number of nitrogens with zero attached hydrogens (tertiary/aromatic N) is 1. The van der Waals surface area contributed by atoms with Gasteiger partial charge in [-0.15, -0.1) is 0 Å². The Morgan fingerprint density at radius 2 is 2.19 bits per heavy atom. The Labute approximate surface area is 90.1 Å². The molecule has 0 amide bonds. The zero-order valence-corrected chi connectivity index (χ0v) is 8.41. The third-order valence-electron chi connectivity index (χ3n) is 1.75. The predicted molar refractivity (Wildman–Crippen MR) is 51.3 cm³/mol. The van der Waals surface area contributed by atoms with Crippen LogP contribution in [0.15, 0.2) is 23.4 Å². The maximum absolute atomic E-state index is 13.2. The summed E-state index contributed by atoms with van der Waals surface area (Å²) < 4.78 is 30.6. The SMILES string of the molecule is CCOC(=O)/C(=N\O)c1cc(F)ccc1F. The van der Waals surface area contributed by atoms with Crippen LogP contribution in [0.5, 0.6) is 0 Å². The molecule has 1 aromatic carbocycles. The van der Waals surface area contributed by atoms with E-state index in [-0.39, 0.29) is 6.61 Å². The topological polar surface area (TPSA) is 58.9 Å². The maximum atomic E-state index is 13.2. The lowest BCUT2D eigenvalue weighted by atomic mass is 10.1. The Morgan fingerprint density at radius 1 is 1.50 bits per heavy atom. The zero-order valence-electron chi connectivity index (χ0n) is 8.41. The van der Waals surface area contributed by atoms with Gasteiger partial charge in [-0.25, -0.2) is 13.6 Å². The quantitative estimate of drug-likeness (QED) is 0.371. The number of hydrogen-bond acceptors (Lipinski definition) is 4. The molecule has 0 atom stereocenters. The third kappa shape index (κ3) is 2.53. The van der Waals surface area contributed by atoms with Crippen LogP contribution in [0.4, 0.5) is 8.78 Å². The van der Waals surface area contributed by atoms with Crippen molar-refractivity contribution in [3.8, 4) is 0 Å². The molecule has 0 heterocycles. The van der Waals surface area contributed by atoms with Crippen LogP contribution in [-0.4, -0.2) is 23.5 Å². The molecule has 0 saturated heterocycles.